The van der Waals surface area contributed by atoms with Crippen molar-refractivity contribution >= 4 is 46.4 Å². The highest BCUT2D eigenvalue weighted by molar-refractivity contribution is 7.12. The molecule has 25 heavy (non-hydrogen) atoms. The van der Waals surface area contributed by atoms with Crippen LogP contribution in [0.1, 0.15) is 39.8 Å². The Morgan fingerprint density at radius 1 is 1.24 bits per heavy atom. The van der Waals surface area contributed by atoms with Gasteiger partial charge in [-0.15, -0.1) is 11.3 Å². The molecule has 0 fully saturated rings. The van der Waals surface area contributed by atoms with E-state index in [-0.39, 0.29) is 24.3 Å². The van der Waals surface area contributed by atoms with Gasteiger partial charge in [0.25, 0.3) is 11.8 Å². The summed E-state index contributed by atoms with van der Waals surface area (Å²) in [5.41, 5.74) is 0.666. The average molecular weight is 381 g/mol. The highest BCUT2D eigenvalue weighted by Gasteiger charge is 2.15. The quantitative estimate of drug-likeness (QED) is 0.683. The summed E-state index contributed by atoms with van der Waals surface area (Å²) in [6.07, 6.45) is 0.306. The SMILES string of the molecule is CC(CCC(=O)O)NC(=O)c1ccc(Cl)c(NC(=O)c2cccs2)c1. The Balaban J connectivity index is 2.05. The summed E-state index contributed by atoms with van der Waals surface area (Å²) in [5, 5.41) is 16.2. The van der Waals surface area contributed by atoms with Gasteiger partial charge in [0.1, 0.15) is 0 Å². The Morgan fingerprint density at radius 3 is 2.64 bits per heavy atom. The van der Waals surface area contributed by atoms with E-state index in [0.717, 1.165) is 0 Å². The molecule has 132 valence electrons. The molecule has 1 atom stereocenters. The van der Waals surface area contributed by atoms with Crippen molar-refractivity contribution in [2.45, 2.75) is 25.8 Å². The highest BCUT2D eigenvalue weighted by Crippen LogP contribution is 2.24. The third-order valence-corrected chi connectivity index (χ3v) is 4.59. The zero-order valence-corrected chi connectivity index (χ0v) is 15.0. The van der Waals surface area contributed by atoms with E-state index in [1.807, 2.05) is 0 Å². The molecule has 1 heterocycles. The molecule has 0 radical (unpaired) electrons. The lowest BCUT2D eigenvalue weighted by Crippen LogP contribution is -2.33. The Bertz CT molecular complexity index is 777. The van der Waals surface area contributed by atoms with E-state index in [1.54, 1.807) is 30.5 Å². The van der Waals surface area contributed by atoms with Crippen molar-refractivity contribution in [2.24, 2.45) is 0 Å². The third-order valence-electron chi connectivity index (χ3n) is 3.39. The molecule has 0 aliphatic rings. The van der Waals surface area contributed by atoms with Crippen LogP contribution < -0.4 is 10.6 Å². The molecule has 6 nitrogen and oxygen atoms in total. The van der Waals surface area contributed by atoms with Crippen LogP contribution in [0.2, 0.25) is 5.02 Å². The largest absolute Gasteiger partial charge is 0.481 e. The number of halogens is 1. The van der Waals surface area contributed by atoms with Crippen molar-refractivity contribution in [1.29, 1.82) is 0 Å². The Labute approximate surface area is 153 Å². The van der Waals surface area contributed by atoms with Crippen LogP contribution in [-0.4, -0.2) is 28.9 Å². The molecule has 1 aromatic heterocycles. The van der Waals surface area contributed by atoms with Gasteiger partial charge in [-0.3, -0.25) is 14.4 Å². The fraction of sp³-hybridized carbons (Fsp3) is 0.235. The predicted molar refractivity (Wildman–Crippen MR) is 97.5 cm³/mol. The fourth-order valence-electron chi connectivity index (χ4n) is 2.07. The van der Waals surface area contributed by atoms with Crippen molar-refractivity contribution in [1.82, 2.24) is 5.32 Å². The van der Waals surface area contributed by atoms with Crippen LogP contribution in [-0.2, 0) is 4.79 Å². The summed E-state index contributed by atoms with van der Waals surface area (Å²) in [4.78, 5) is 35.5. The van der Waals surface area contributed by atoms with E-state index in [9.17, 15) is 14.4 Å². The molecule has 1 unspecified atom stereocenters. The number of thiophene rings is 1. The second-order valence-corrected chi connectivity index (χ2v) is 6.79. The van der Waals surface area contributed by atoms with Gasteiger partial charge in [-0.25, -0.2) is 0 Å². The van der Waals surface area contributed by atoms with Crippen LogP contribution in [0.5, 0.6) is 0 Å². The monoisotopic (exact) mass is 380 g/mol. The maximum atomic E-state index is 12.3. The maximum absolute atomic E-state index is 12.3. The van der Waals surface area contributed by atoms with Crippen LogP contribution in [0.25, 0.3) is 0 Å². The van der Waals surface area contributed by atoms with Crippen LogP contribution in [0.15, 0.2) is 35.7 Å². The second kappa shape index (κ2) is 8.64. The first kappa shape index (κ1) is 19.0. The summed E-state index contributed by atoms with van der Waals surface area (Å²) in [6, 6.07) is 7.74. The van der Waals surface area contributed by atoms with Crippen molar-refractivity contribution in [3.8, 4) is 0 Å². The van der Waals surface area contributed by atoms with Gasteiger partial charge in [0.2, 0.25) is 0 Å². The van der Waals surface area contributed by atoms with E-state index >= 15 is 0 Å². The molecule has 2 aromatic rings. The van der Waals surface area contributed by atoms with E-state index < -0.39 is 5.97 Å². The van der Waals surface area contributed by atoms with Gasteiger partial charge in [-0.05, 0) is 43.0 Å². The third kappa shape index (κ3) is 5.58. The van der Waals surface area contributed by atoms with Crippen LogP contribution in [0.3, 0.4) is 0 Å². The summed E-state index contributed by atoms with van der Waals surface area (Å²) in [5.74, 6) is -1.57. The lowest BCUT2D eigenvalue weighted by molar-refractivity contribution is -0.137. The molecule has 0 spiro atoms. The highest BCUT2D eigenvalue weighted by atomic mass is 35.5. The number of carbonyl (C=O) groups is 3. The summed E-state index contributed by atoms with van der Waals surface area (Å²) >= 11 is 7.39. The zero-order valence-electron chi connectivity index (χ0n) is 13.4. The molecule has 0 aliphatic carbocycles. The lowest BCUT2D eigenvalue weighted by atomic mass is 10.1. The van der Waals surface area contributed by atoms with Crippen molar-refractivity contribution in [3.05, 3.63) is 51.2 Å². The van der Waals surface area contributed by atoms with E-state index in [2.05, 4.69) is 10.6 Å². The molecule has 0 saturated carbocycles. The predicted octanol–water partition coefficient (Wildman–Crippen LogP) is 3.64. The molecule has 0 bridgehead atoms. The second-order valence-electron chi connectivity index (χ2n) is 5.43. The number of nitrogens with one attached hydrogen (secondary N) is 2. The standard InChI is InChI=1S/C17H17ClN2O4S/c1-10(4-7-15(21)22)19-16(23)11-5-6-12(18)13(9-11)20-17(24)14-3-2-8-25-14/h2-3,5-6,8-10H,4,7H2,1H3,(H,19,23)(H,20,24)(H,21,22). The first-order valence-electron chi connectivity index (χ1n) is 7.54. The van der Waals surface area contributed by atoms with E-state index in [0.29, 0.717) is 27.6 Å². The number of rotatable bonds is 7. The lowest BCUT2D eigenvalue weighted by Gasteiger charge is -2.14. The molecule has 0 saturated heterocycles. The van der Waals surface area contributed by atoms with Crippen LogP contribution in [0.4, 0.5) is 5.69 Å². The Hall–Kier alpha value is -2.38. The van der Waals surface area contributed by atoms with Gasteiger partial charge in [0.05, 0.1) is 15.6 Å². The molecule has 1 aromatic carbocycles. The minimum Gasteiger partial charge on any atom is -0.481 e. The number of hydrogen-bond acceptors (Lipinski definition) is 4. The number of anilines is 1. The number of hydrogen-bond donors (Lipinski definition) is 3. The Morgan fingerprint density at radius 2 is 2.00 bits per heavy atom. The normalized spacial score (nSPS) is 11.6. The molecular weight excluding hydrogens is 364 g/mol. The van der Waals surface area contributed by atoms with E-state index in [1.165, 1.54) is 23.5 Å². The summed E-state index contributed by atoms with van der Waals surface area (Å²) < 4.78 is 0. The average Bonchev–Trinajstić information content (AvgIpc) is 3.09. The molecule has 0 aliphatic heterocycles. The Kier molecular flexibility index (Phi) is 6.55. The minimum atomic E-state index is -0.911. The van der Waals surface area contributed by atoms with Gasteiger partial charge in [-0.1, -0.05) is 17.7 Å². The molecule has 8 heteroatoms. The zero-order chi connectivity index (χ0) is 18.4. The van der Waals surface area contributed by atoms with Crippen molar-refractivity contribution in [2.75, 3.05) is 5.32 Å². The van der Waals surface area contributed by atoms with Gasteiger partial charge in [-0.2, -0.15) is 0 Å². The smallest absolute Gasteiger partial charge is 0.303 e. The van der Waals surface area contributed by atoms with Gasteiger partial charge >= 0.3 is 5.97 Å². The van der Waals surface area contributed by atoms with Crippen LogP contribution in [0, 0.1) is 0 Å². The van der Waals surface area contributed by atoms with Crippen LogP contribution >= 0.6 is 22.9 Å². The topological polar surface area (TPSA) is 95.5 Å². The van der Waals surface area contributed by atoms with Crippen molar-refractivity contribution in [3.63, 3.8) is 0 Å². The number of carboxylic acids is 1. The van der Waals surface area contributed by atoms with E-state index in [4.69, 9.17) is 16.7 Å². The first-order valence-corrected chi connectivity index (χ1v) is 8.79. The number of carbonyl (C=O) groups excluding carboxylic acids is 2. The first-order chi connectivity index (χ1) is 11.9. The molecule has 2 rings (SSSR count). The molecule has 3 N–H and O–H groups in total. The van der Waals surface area contributed by atoms with Crippen molar-refractivity contribution < 1.29 is 19.5 Å². The number of benzene rings is 1. The van der Waals surface area contributed by atoms with Gasteiger partial charge in [0.15, 0.2) is 0 Å². The minimum absolute atomic E-state index is 0.0236. The maximum Gasteiger partial charge on any atom is 0.303 e. The fourth-order valence-corrected chi connectivity index (χ4v) is 2.86. The number of aliphatic carboxylic acids is 1. The molecular formula is C17H17ClN2O4S. The summed E-state index contributed by atoms with van der Waals surface area (Å²) in [6.45, 7) is 1.73. The summed E-state index contributed by atoms with van der Waals surface area (Å²) in [7, 11) is 0. The van der Waals surface area contributed by atoms with Gasteiger partial charge < -0.3 is 15.7 Å². The van der Waals surface area contributed by atoms with Gasteiger partial charge in [0, 0.05) is 18.0 Å². The molecule has 2 amide bonds. The number of carboxylic acid groups (broad SMARTS) is 1. The number of amides is 2.